The van der Waals surface area contributed by atoms with E-state index in [1.165, 1.54) is 11.8 Å². The highest BCUT2D eigenvalue weighted by atomic mass is 16.2. The van der Waals surface area contributed by atoms with Crippen molar-refractivity contribution < 1.29 is 9.59 Å². The zero-order chi connectivity index (χ0) is 8.31. The largest absolute Gasteiger partial charge is 0.345 e. The SMILES string of the molecule is C=C(C(C)=O)C(=O)N(C)C. The van der Waals surface area contributed by atoms with Gasteiger partial charge in [-0.05, 0) is 6.92 Å². The Labute approximate surface area is 60.3 Å². The number of carbonyl (C=O) groups is 2. The van der Waals surface area contributed by atoms with Gasteiger partial charge in [0.2, 0.25) is 0 Å². The molecule has 0 aliphatic carbocycles. The van der Waals surface area contributed by atoms with Crippen LogP contribution < -0.4 is 0 Å². The lowest BCUT2D eigenvalue weighted by atomic mass is 10.2. The smallest absolute Gasteiger partial charge is 0.256 e. The molecule has 0 atom stereocenters. The maximum absolute atomic E-state index is 10.9. The molecule has 0 aromatic carbocycles. The lowest BCUT2D eigenvalue weighted by Gasteiger charge is -2.09. The van der Waals surface area contributed by atoms with Crippen LogP contribution in [0.1, 0.15) is 6.92 Å². The number of likely N-dealkylation sites (N-methyl/N-ethyl adjacent to an activating group) is 1. The second-order valence-electron chi connectivity index (χ2n) is 2.23. The van der Waals surface area contributed by atoms with Gasteiger partial charge in [-0.2, -0.15) is 0 Å². The quantitative estimate of drug-likeness (QED) is 0.313. The van der Waals surface area contributed by atoms with Gasteiger partial charge in [0.15, 0.2) is 5.78 Å². The molecule has 0 aromatic rings. The third-order valence-corrected chi connectivity index (χ3v) is 1.09. The first-order valence-electron chi connectivity index (χ1n) is 2.88. The van der Waals surface area contributed by atoms with Crippen molar-refractivity contribution in [3.05, 3.63) is 12.2 Å². The van der Waals surface area contributed by atoms with E-state index >= 15 is 0 Å². The summed E-state index contributed by atoms with van der Waals surface area (Å²) in [7, 11) is 3.16. The molecular weight excluding hydrogens is 130 g/mol. The molecule has 0 saturated heterocycles. The minimum absolute atomic E-state index is 0.0324. The lowest BCUT2D eigenvalue weighted by Crippen LogP contribution is -2.25. The molecule has 0 N–H and O–H groups in total. The predicted octanol–water partition coefficient (Wildman–Crippen LogP) is 0.220. The number of hydrogen-bond acceptors (Lipinski definition) is 2. The van der Waals surface area contributed by atoms with Gasteiger partial charge in [-0.25, -0.2) is 0 Å². The molecule has 0 heterocycles. The molecule has 0 unspecified atom stereocenters. The molecule has 0 spiro atoms. The van der Waals surface area contributed by atoms with Crippen molar-refractivity contribution in [3.63, 3.8) is 0 Å². The topological polar surface area (TPSA) is 37.4 Å². The van der Waals surface area contributed by atoms with Gasteiger partial charge < -0.3 is 4.90 Å². The van der Waals surface area contributed by atoms with Crippen LogP contribution in [0, 0.1) is 0 Å². The first kappa shape index (κ1) is 8.88. The van der Waals surface area contributed by atoms with Gasteiger partial charge in [-0.15, -0.1) is 0 Å². The summed E-state index contributed by atoms with van der Waals surface area (Å²) in [5, 5.41) is 0. The van der Waals surface area contributed by atoms with Gasteiger partial charge in [0.1, 0.15) is 0 Å². The Balaban J connectivity index is 4.24. The van der Waals surface area contributed by atoms with Crippen LogP contribution in [0.25, 0.3) is 0 Å². The molecule has 0 aliphatic heterocycles. The number of amides is 1. The van der Waals surface area contributed by atoms with Crippen LogP contribution in [0.2, 0.25) is 0 Å². The van der Waals surface area contributed by atoms with E-state index in [1.807, 2.05) is 0 Å². The fourth-order valence-corrected chi connectivity index (χ4v) is 0.421. The molecule has 0 aliphatic rings. The molecule has 0 radical (unpaired) electrons. The standard InChI is InChI=1S/C7H11NO2/c1-5(6(2)9)7(10)8(3)4/h1H2,2-4H3. The fourth-order valence-electron chi connectivity index (χ4n) is 0.421. The van der Waals surface area contributed by atoms with Crippen LogP contribution in [-0.2, 0) is 9.59 Å². The number of hydrogen-bond donors (Lipinski definition) is 0. The number of ketones is 1. The fraction of sp³-hybridized carbons (Fsp3) is 0.429. The summed E-state index contributed by atoms with van der Waals surface area (Å²) in [6.45, 7) is 4.66. The van der Waals surface area contributed by atoms with Gasteiger partial charge in [-0.1, -0.05) is 6.58 Å². The highest BCUT2D eigenvalue weighted by molar-refractivity contribution is 6.17. The molecule has 0 aromatic heterocycles. The third kappa shape index (κ3) is 2.01. The van der Waals surface area contributed by atoms with Crippen molar-refractivity contribution >= 4 is 11.7 Å². The second-order valence-corrected chi connectivity index (χ2v) is 2.23. The van der Waals surface area contributed by atoms with Crippen LogP contribution in [-0.4, -0.2) is 30.7 Å². The van der Waals surface area contributed by atoms with Gasteiger partial charge >= 0.3 is 0 Å². The Kier molecular flexibility index (Phi) is 2.80. The maximum Gasteiger partial charge on any atom is 0.256 e. The number of nitrogens with zero attached hydrogens (tertiary/aromatic N) is 1. The summed E-state index contributed by atoms with van der Waals surface area (Å²) >= 11 is 0. The molecule has 0 saturated carbocycles. The van der Waals surface area contributed by atoms with Crippen LogP contribution in [0.5, 0.6) is 0 Å². The van der Waals surface area contributed by atoms with Crippen LogP contribution >= 0.6 is 0 Å². The van der Waals surface area contributed by atoms with E-state index in [4.69, 9.17) is 0 Å². The normalized spacial score (nSPS) is 8.70. The zero-order valence-electron chi connectivity index (χ0n) is 6.47. The van der Waals surface area contributed by atoms with E-state index in [9.17, 15) is 9.59 Å². The van der Waals surface area contributed by atoms with Gasteiger partial charge in [0.05, 0.1) is 5.57 Å². The molecule has 3 heteroatoms. The van der Waals surface area contributed by atoms with Crippen LogP contribution in [0.4, 0.5) is 0 Å². The summed E-state index contributed by atoms with van der Waals surface area (Å²) < 4.78 is 0. The Morgan fingerprint density at radius 1 is 1.30 bits per heavy atom. The van der Waals surface area contributed by atoms with E-state index in [0.29, 0.717) is 0 Å². The number of Topliss-reactive ketones (excluding diaryl/α,β-unsaturated/α-hetero) is 1. The Morgan fingerprint density at radius 3 is 1.80 bits per heavy atom. The molecular formula is C7H11NO2. The molecule has 56 valence electrons. The molecule has 3 nitrogen and oxygen atoms in total. The first-order valence-corrected chi connectivity index (χ1v) is 2.88. The summed E-state index contributed by atoms with van der Waals surface area (Å²) in [6, 6.07) is 0. The van der Waals surface area contributed by atoms with E-state index in [1.54, 1.807) is 14.1 Å². The van der Waals surface area contributed by atoms with Crippen molar-refractivity contribution in [1.29, 1.82) is 0 Å². The van der Waals surface area contributed by atoms with Crippen molar-refractivity contribution in [1.82, 2.24) is 4.90 Å². The third-order valence-electron chi connectivity index (χ3n) is 1.09. The van der Waals surface area contributed by atoms with Crippen molar-refractivity contribution in [2.45, 2.75) is 6.92 Å². The van der Waals surface area contributed by atoms with Crippen molar-refractivity contribution in [3.8, 4) is 0 Å². The highest BCUT2D eigenvalue weighted by Gasteiger charge is 2.12. The molecule has 1 amide bonds. The van der Waals surface area contributed by atoms with Crippen LogP contribution in [0.15, 0.2) is 12.2 Å². The van der Waals surface area contributed by atoms with Gasteiger partial charge in [0.25, 0.3) is 5.91 Å². The van der Waals surface area contributed by atoms with E-state index in [2.05, 4.69) is 6.58 Å². The Morgan fingerprint density at radius 2 is 1.70 bits per heavy atom. The summed E-state index contributed by atoms with van der Waals surface area (Å²) in [6.07, 6.45) is 0. The van der Waals surface area contributed by atoms with E-state index in [0.717, 1.165) is 0 Å². The minimum Gasteiger partial charge on any atom is -0.345 e. The summed E-state index contributed by atoms with van der Waals surface area (Å²) in [5.41, 5.74) is 0.0324. The molecule has 10 heavy (non-hydrogen) atoms. The summed E-state index contributed by atoms with van der Waals surface area (Å²) in [4.78, 5) is 22.8. The Hall–Kier alpha value is -1.12. The predicted molar refractivity (Wildman–Crippen MR) is 38.5 cm³/mol. The van der Waals surface area contributed by atoms with Crippen molar-refractivity contribution in [2.24, 2.45) is 0 Å². The van der Waals surface area contributed by atoms with E-state index < -0.39 is 0 Å². The second kappa shape index (κ2) is 3.15. The summed E-state index contributed by atoms with van der Waals surface area (Å²) in [5.74, 6) is -0.605. The zero-order valence-corrected chi connectivity index (χ0v) is 6.47. The highest BCUT2D eigenvalue weighted by Crippen LogP contribution is 1.95. The van der Waals surface area contributed by atoms with Gasteiger partial charge in [0, 0.05) is 14.1 Å². The average molecular weight is 141 g/mol. The van der Waals surface area contributed by atoms with Gasteiger partial charge in [-0.3, -0.25) is 9.59 Å². The molecule has 0 rings (SSSR count). The maximum atomic E-state index is 10.9. The molecule has 0 bridgehead atoms. The molecule has 0 fully saturated rings. The minimum atomic E-state index is -0.326. The van der Waals surface area contributed by atoms with Crippen LogP contribution in [0.3, 0.4) is 0 Å². The number of rotatable bonds is 2. The van der Waals surface area contributed by atoms with E-state index in [-0.39, 0.29) is 17.3 Å². The lowest BCUT2D eigenvalue weighted by molar-refractivity contribution is -0.127. The monoisotopic (exact) mass is 141 g/mol. The van der Waals surface area contributed by atoms with Crippen molar-refractivity contribution in [2.75, 3.05) is 14.1 Å². The Bertz CT molecular complexity index is 182. The average Bonchev–Trinajstić information content (AvgIpc) is 1.84. The first-order chi connectivity index (χ1) is 4.46. The number of carbonyl (C=O) groups excluding carboxylic acids is 2.